The van der Waals surface area contributed by atoms with Crippen LogP contribution in [0.15, 0.2) is 0 Å². The molecule has 0 aromatic heterocycles. The van der Waals surface area contributed by atoms with Gasteiger partial charge in [0, 0.05) is 24.2 Å². The van der Waals surface area contributed by atoms with Gasteiger partial charge in [0.1, 0.15) is 5.78 Å². The third-order valence-electron chi connectivity index (χ3n) is 4.13. The number of hydrogen-bond acceptors (Lipinski definition) is 4. The molecule has 0 aromatic rings. The Morgan fingerprint density at radius 3 is 2.53 bits per heavy atom. The number of nitrogens with zero attached hydrogens (tertiary/aromatic N) is 1. The van der Waals surface area contributed by atoms with Gasteiger partial charge in [-0.1, -0.05) is 19.3 Å². The summed E-state index contributed by atoms with van der Waals surface area (Å²) in [7, 11) is 0. The van der Waals surface area contributed by atoms with E-state index in [0.717, 1.165) is 19.3 Å². The van der Waals surface area contributed by atoms with Gasteiger partial charge in [0.15, 0.2) is 0 Å². The van der Waals surface area contributed by atoms with Gasteiger partial charge in [-0.2, -0.15) is 0 Å². The van der Waals surface area contributed by atoms with Gasteiger partial charge in [0.25, 0.3) is 5.54 Å². The van der Waals surface area contributed by atoms with E-state index in [9.17, 15) is 19.7 Å². The average Bonchev–Trinajstić information content (AvgIpc) is 2.33. The van der Waals surface area contributed by atoms with Crippen LogP contribution in [0.4, 0.5) is 0 Å². The van der Waals surface area contributed by atoms with Gasteiger partial charge in [-0.25, -0.2) is 0 Å². The molecule has 5 heteroatoms. The topological polar surface area (TPSA) is 77.3 Å². The molecule has 0 heterocycles. The van der Waals surface area contributed by atoms with Crippen molar-refractivity contribution < 1.29 is 14.5 Å². The molecule has 17 heavy (non-hydrogen) atoms. The maximum atomic E-state index is 12.2. The van der Waals surface area contributed by atoms with Gasteiger partial charge < -0.3 is 0 Å². The summed E-state index contributed by atoms with van der Waals surface area (Å²) in [5.74, 6) is -1.21. The van der Waals surface area contributed by atoms with E-state index in [-0.39, 0.29) is 18.6 Å². The fraction of sp³-hybridized carbons (Fsp3) is 0.833. The molecular formula is C12H17NO4. The second-order valence-corrected chi connectivity index (χ2v) is 5.12. The van der Waals surface area contributed by atoms with Gasteiger partial charge in [-0.3, -0.25) is 19.7 Å². The minimum atomic E-state index is -1.46. The number of carbonyl (C=O) groups excluding carboxylic acids is 2. The van der Waals surface area contributed by atoms with Gasteiger partial charge in [0.2, 0.25) is 5.78 Å². The molecule has 2 rings (SSSR count). The molecule has 0 spiro atoms. The Hall–Kier alpha value is -1.26. The Labute approximate surface area is 99.7 Å². The van der Waals surface area contributed by atoms with E-state index in [1.54, 1.807) is 0 Å². The first-order chi connectivity index (χ1) is 8.08. The van der Waals surface area contributed by atoms with Gasteiger partial charge in [-0.15, -0.1) is 0 Å². The maximum Gasteiger partial charge on any atom is 0.280 e. The predicted molar refractivity (Wildman–Crippen MR) is 60.2 cm³/mol. The molecule has 2 unspecified atom stereocenters. The van der Waals surface area contributed by atoms with Crippen LogP contribution >= 0.6 is 0 Å². The molecule has 0 radical (unpaired) electrons. The monoisotopic (exact) mass is 239 g/mol. The molecule has 0 aromatic carbocycles. The molecule has 2 aliphatic rings. The molecule has 2 saturated carbocycles. The molecule has 94 valence electrons. The number of nitro groups is 1. The highest BCUT2D eigenvalue weighted by molar-refractivity contribution is 6.08. The van der Waals surface area contributed by atoms with Crippen molar-refractivity contribution in [3.8, 4) is 0 Å². The summed E-state index contributed by atoms with van der Waals surface area (Å²) in [4.78, 5) is 34.8. The Kier molecular flexibility index (Phi) is 3.26. The molecule has 0 aliphatic heterocycles. The van der Waals surface area contributed by atoms with Crippen molar-refractivity contribution in [3.05, 3.63) is 10.1 Å². The van der Waals surface area contributed by atoms with Crippen molar-refractivity contribution >= 4 is 11.6 Å². The molecule has 2 fully saturated rings. The molecule has 2 aliphatic carbocycles. The van der Waals surface area contributed by atoms with Crippen LogP contribution in [-0.2, 0) is 9.59 Å². The van der Waals surface area contributed by atoms with Crippen LogP contribution in [0.5, 0.6) is 0 Å². The highest BCUT2D eigenvalue weighted by Gasteiger charge is 2.56. The summed E-state index contributed by atoms with van der Waals surface area (Å²) in [6.45, 7) is 0. The average molecular weight is 239 g/mol. The Morgan fingerprint density at radius 2 is 1.82 bits per heavy atom. The van der Waals surface area contributed by atoms with Gasteiger partial charge in [0.05, 0.1) is 5.92 Å². The van der Waals surface area contributed by atoms with Crippen molar-refractivity contribution in [3.63, 3.8) is 0 Å². The van der Waals surface area contributed by atoms with Crippen molar-refractivity contribution in [2.24, 2.45) is 5.92 Å². The maximum absolute atomic E-state index is 12.2. The third-order valence-corrected chi connectivity index (χ3v) is 4.13. The van der Waals surface area contributed by atoms with Crippen LogP contribution in [0.1, 0.15) is 51.4 Å². The number of carbonyl (C=O) groups is 2. The number of rotatable bonds is 1. The molecule has 0 amide bonds. The zero-order chi connectivity index (χ0) is 12.5. The number of ketones is 2. The zero-order valence-corrected chi connectivity index (χ0v) is 9.81. The van der Waals surface area contributed by atoms with E-state index in [4.69, 9.17) is 0 Å². The summed E-state index contributed by atoms with van der Waals surface area (Å²) in [6.07, 6.45) is 4.54. The largest absolute Gasteiger partial charge is 0.299 e. The lowest BCUT2D eigenvalue weighted by molar-refractivity contribution is -0.555. The normalized spacial score (nSPS) is 34.7. The third kappa shape index (κ3) is 1.98. The second kappa shape index (κ2) is 4.55. The van der Waals surface area contributed by atoms with Crippen molar-refractivity contribution in [2.45, 2.75) is 56.9 Å². The number of fused-ring (bicyclic) bond motifs is 2. The second-order valence-electron chi connectivity index (χ2n) is 5.12. The van der Waals surface area contributed by atoms with Crippen LogP contribution in [0, 0.1) is 16.0 Å². The highest BCUT2D eigenvalue weighted by Crippen LogP contribution is 2.37. The summed E-state index contributed by atoms with van der Waals surface area (Å²) in [5.41, 5.74) is -1.46. The fourth-order valence-electron chi connectivity index (χ4n) is 3.03. The summed E-state index contributed by atoms with van der Waals surface area (Å²) in [5, 5.41) is 11.3. The van der Waals surface area contributed by atoms with E-state index in [1.807, 2.05) is 0 Å². The quantitative estimate of drug-likeness (QED) is 0.398. The number of hydrogen-bond donors (Lipinski definition) is 0. The Bertz CT molecular complexity index is 366. The summed E-state index contributed by atoms with van der Waals surface area (Å²) in [6, 6.07) is 0. The van der Waals surface area contributed by atoms with E-state index < -0.39 is 22.2 Å². The fourth-order valence-corrected chi connectivity index (χ4v) is 3.03. The van der Waals surface area contributed by atoms with Crippen LogP contribution in [0.25, 0.3) is 0 Å². The smallest absolute Gasteiger partial charge is 0.280 e. The molecule has 2 bridgehead atoms. The number of Topliss-reactive ketones (excluding diaryl/α,β-unsaturated/α-hetero) is 2. The lowest BCUT2D eigenvalue weighted by Crippen LogP contribution is -2.54. The van der Waals surface area contributed by atoms with Crippen LogP contribution in [0.3, 0.4) is 0 Å². The van der Waals surface area contributed by atoms with E-state index in [0.29, 0.717) is 19.3 Å². The van der Waals surface area contributed by atoms with Gasteiger partial charge in [-0.05, 0) is 12.8 Å². The zero-order valence-electron chi connectivity index (χ0n) is 9.81. The van der Waals surface area contributed by atoms with Crippen molar-refractivity contribution in [2.75, 3.05) is 0 Å². The highest BCUT2D eigenvalue weighted by atomic mass is 16.6. The van der Waals surface area contributed by atoms with E-state index in [2.05, 4.69) is 0 Å². The van der Waals surface area contributed by atoms with Crippen LogP contribution in [-0.4, -0.2) is 22.0 Å². The molecule has 0 N–H and O–H groups in total. The minimum absolute atomic E-state index is 0.0885. The predicted octanol–water partition coefficient (Wildman–Crippen LogP) is 1.90. The van der Waals surface area contributed by atoms with E-state index in [1.165, 1.54) is 0 Å². The van der Waals surface area contributed by atoms with Crippen molar-refractivity contribution in [1.82, 2.24) is 0 Å². The lowest BCUT2D eigenvalue weighted by Gasteiger charge is -2.31. The first kappa shape index (κ1) is 12.2. The molecule has 5 nitrogen and oxygen atoms in total. The first-order valence-corrected chi connectivity index (χ1v) is 6.29. The Morgan fingerprint density at radius 1 is 1.12 bits per heavy atom. The van der Waals surface area contributed by atoms with Crippen molar-refractivity contribution in [1.29, 1.82) is 0 Å². The van der Waals surface area contributed by atoms with Crippen LogP contribution in [0.2, 0.25) is 0 Å². The lowest BCUT2D eigenvalue weighted by atomic mass is 9.71. The molecule has 0 saturated heterocycles. The SMILES string of the molecule is O=C1CCC2([N+](=O)[O-])CCCCCCC1C2=O. The molecular weight excluding hydrogens is 222 g/mol. The van der Waals surface area contributed by atoms with Crippen LogP contribution < -0.4 is 0 Å². The Balaban J connectivity index is 2.35. The first-order valence-electron chi connectivity index (χ1n) is 6.29. The summed E-state index contributed by atoms with van der Waals surface area (Å²) < 4.78 is 0. The summed E-state index contributed by atoms with van der Waals surface area (Å²) >= 11 is 0. The van der Waals surface area contributed by atoms with Gasteiger partial charge >= 0.3 is 0 Å². The standard InChI is InChI=1S/C12H17NO4/c14-10-6-8-12(13(16)17)7-4-2-1-3-5-9(10)11(12)15/h9H,1-8H2. The molecule has 2 atom stereocenters. The van der Waals surface area contributed by atoms with E-state index >= 15 is 0 Å². The minimum Gasteiger partial charge on any atom is -0.299 e.